The molecule has 6 heteroatoms. The smallest absolute Gasteiger partial charge is 0.133 e. The molecule has 0 amide bonds. The first-order chi connectivity index (χ1) is 9.79. The minimum atomic E-state index is 0.189. The van der Waals surface area contributed by atoms with Crippen LogP contribution in [-0.4, -0.2) is 43.6 Å². The Morgan fingerprint density at radius 3 is 2.80 bits per heavy atom. The van der Waals surface area contributed by atoms with Gasteiger partial charge in [0.2, 0.25) is 0 Å². The number of hydrogen-bond donors (Lipinski definition) is 1. The maximum Gasteiger partial charge on any atom is 0.133 e. The van der Waals surface area contributed by atoms with Crippen molar-refractivity contribution < 1.29 is 9.47 Å². The van der Waals surface area contributed by atoms with E-state index in [1.54, 1.807) is 6.07 Å². The van der Waals surface area contributed by atoms with Gasteiger partial charge < -0.3 is 24.7 Å². The minimum absolute atomic E-state index is 0.189. The van der Waals surface area contributed by atoms with Crippen molar-refractivity contribution >= 4 is 11.5 Å². The molecule has 0 unspecified atom stereocenters. The second-order valence-electron chi connectivity index (χ2n) is 5.27. The molecular weight excluding hydrogens is 256 g/mol. The van der Waals surface area contributed by atoms with Gasteiger partial charge in [0.15, 0.2) is 0 Å². The van der Waals surface area contributed by atoms with Gasteiger partial charge in [-0.05, 0) is 18.9 Å². The highest BCUT2D eigenvalue weighted by Gasteiger charge is 2.24. The van der Waals surface area contributed by atoms with E-state index in [2.05, 4.69) is 11.0 Å². The lowest BCUT2D eigenvalue weighted by atomic mass is 10.2. The summed E-state index contributed by atoms with van der Waals surface area (Å²) in [4.78, 5) is 2.20. The number of nitrogens with two attached hydrogens (primary N) is 1. The van der Waals surface area contributed by atoms with Crippen LogP contribution in [0.5, 0.6) is 0 Å². The molecule has 0 spiro atoms. The second-order valence-corrected chi connectivity index (χ2v) is 5.27. The molecule has 2 aliphatic rings. The number of anilines is 2. The fraction of sp³-hybridized carbons (Fsp3) is 0.643. The highest BCUT2D eigenvalue weighted by Crippen LogP contribution is 2.30. The topological polar surface area (TPSA) is 76.4 Å². The van der Waals surface area contributed by atoms with Crippen molar-refractivity contribution in [3.05, 3.63) is 11.8 Å². The third-order valence-electron chi connectivity index (χ3n) is 3.93. The first-order valence-corrected chi connectivity index (χ1v) is 7.13. The number of ether oxygens (including phenoxy) is 2. The highest BCUT2D eigenvalue weighted by molar-refractivity contribution is 5.68. The summed E-state index contributed by atoms with van der Waals surface area (Å²) in [6.07, 6.45) is 2.33. The fourth-order valence-electron chi connectivity index (χ4n) is 2.96. The summed E-state index contributed by atoms with van der Waals surface area (Å²) in [5.74, 6) is 0.945. The largest absolute Gasteiger partial charge is 0.396 e. The van der Waals surface area contributed by atoms with Crippen molar-refractivity contribution in [3.63, 3.8) is 0 Å². The van der Waals surface area contributed by atoms with E-state index in [0.29, 0.717) is 31.1 Å². The quantitative estimate of drug-likeness (QED) is 0.889. The van der Waals surface area contributed by atoms with Crippen LogP contribution in [0.25, 0.3) is 0 Å². The van der Waals surface area contributed by atoms with Crippen LogP contribution >= 0.6 is 0 Å². The van der Waals surface area contributed by atoms with E-state index in [0.717, 1.165) is 38.4 Å². The second kappa shape index (κ2) is 5.73. The van der Waals surface area contributed by atoms with Gasteiger partial charge in [-0.25, -0.2) is 0 Å². The lowest BCUT2D eigenvalue weighted by Crippen LogP contribution is -2.38. The number of hydrogen-bond acceptors (Lipinski definition) is 5. The first-order valence-electron chi connectivity index (χ1n) is 7.13. The van der Waals surface area contributed by atoms with Crippen LogP contribution in [0.1, 0.15) is 18.5 Å². The molecule has 20 heavy (non-hydrogen) atoms. The SMILES string of the molecule is N#Cc1cc(N)c(N2CCOCC2)n1C[C@H]1CCCO1. The maximum atomic E-state index is 9.32. The lowest BCUT2D eigenvalue weighted by molar-refractivity contribution is 0.0962. The summed E-state index contributed by atoms with van der Waals surface area (Å²) in [7, 11) is 0. The Balaban J connectivity index is 1.90. The number of aromatic nitrogens is 1. The van der Waals surface area contributed by atoms with Crippen LogP contribution in [0, 0.1) is 11.3 Å². The number of nitriles is 1. The lowest BCUT2D eigenvalue weighted by Gasteiger charge is -2.31. The molecule has 2 saturated heterocycles. The van der Waals surface area contributed by atoms with Crippen molar-refractivity contribution in [3.8, 4) is 6.07 Å². The number of nitrogens with zero attached hydrogens (tertiary/aromatic N) is 3. The third-order valence-corrected chi connectivity index (χ3v) is 3.93. The minimum Gasteiger partial charge on any atom is -0.396 e. The van der Waals surface area contributed by atoms with Gasteiger partial charge in [0.05, 0.1) is 31.5 Å². The predicted molar refractivity (Wildman–Crippen MR) is 75.6 cm³/mol. The summed E-state index contributed by atoms with van der Waals surface area (Å²) in [5.41, 5.74) is 7.41. The van der Waals surface area contributed by atoms with Crippen molar-refractivity contribution in [1.82, 2.24) is 4.57 Å². The molecule has 3 rings (SSSR count). The standard InChI is InChI=1S/C14H20N4O2/c15-9-11-8-13(16)14(17-3-6-19-7-4-17)18(11)10-12-2-1-5-20-12/h8,12H,1-7,10,16H2/t12-/m1/s1. The zero-order valence-corrected chi connectivity index (χ0v) is 11.5. The van der Waals surface area contributed by atoms with Gasteiger partial charge in [0.1, 0.15) is 17.6 Å². The highest BCUT2D eigenvalue weighted by atomic mass is 16.5. The summed E-state index contributed by atoms with van der Waals surface area (Å²) in [6.45, 7) is 4.54. The Labute approximate surface area is 118 Å². The monoisotopic (exact) mass is 276 g/mol. The molecule has 2 N–H and O–H groups in total. The Hall–Kier alpha value is -1.71. The number of rotatable bonds is 3. The summed E-state index contributed by atoms with van der Waals surface area (Å²) >= 11 is 0. The van der Waals surface area contributed by atoms with E-state index in [9.17, 15) is 5.26 Å². The Morgan fingerprint density at radius 1 is 1.35 bits per heavy atom. The molecule has 0 aromatic carbocycles. The molecule has 3 heterocycles. The van der Waals surface area contributed by atoms with E-state index < -0.39 is 0 Å². The van der Waals surface area contributed by atoms with E-state index in [1.165, 1.54) is 0 Å². The molecule has 6 nitrogen and oxygen atoms in total. The van der Waals surface area contributed by atoms with E-state index in [-0.39, 0.29) is 6.10 Å². The number of nitrogen functional groups attached to an aromatic ring is 1. The molecular formula is C14H20N4O2. The average Bonchev–Trinajstić information content (AvgIpc) is 3.08. The van der Waals surface area contributed by atoms with Crippen LogP contribution in [0.3, 0.4) is 0 Å². The Kier molecular flexibility index (Phi) is 3.81. The normalized spacial score (nSPS) is 22.9. The van der Waals surface area contributed by atoms with Crippen molar-refractivity contribution in [2.24, 2.45) is 0 Å². The molecule has 0 radical (unpaired) electrons. The zero-order valence-electron chi connectivity index (χ0n) is 11.5. The van der Waals surface area contributed by atoms with Gasteiger partial charge in [0.25, 0.3) is 0 Å². The summed E-state index contributed by atoms with van der Waals surface area (Å²) in [6, 6.07) is 4.00. The zero-order chi connectivity index (χ0) is 13.9. The molecule has 0 saturated carbocycles. The van der Waals surface area contributed by atoms with E-state index >= 15 is 0 Å². The van der Waals surface area contributed by atoms with E-state index in [1.807, 2.05) is 4.57 Å². The van der Waals surface area contributed by atoms with Crippen LogP contribution in [0.15, 0.2) is 6.07 Å². The molecule has 1 aromatic rings. The predicted octanol–water partition coefficient (Wildman–Crippen LogP) is 0.958. The Bertz CT molecular complexity index is 508. The maximum absolute atomic E-state index is 9.32. The van der Waals surface area contributed by atoms with Crippen molar-refractivity contribution in [2.75, 3.05) is 43.5 Å². The van der Waals surface area contributed by atoms with Gasteiger partial charge >= 0.3 is 0 Å². The molecule has 0 aliphatic carbocycles. The van der Waals surface area contributed by atoms with Crippen LogP contribution in [-0.2, 0) is 16.0 Å². The van der Waals surface area contributed by atoms with Crippen LogP contribution in [0.2, 0.25) is 0 Å². The molecule has 1 aromatic heterocycles. The molecule has 0 bridgehead atoms. The Morgan fingerprint density at radius 2 is 2.15 bits per heavy atom. The summed E-state index contributed by atoms with van der Waals surface area (Å²) in [5, 5.41) is 9.32. The first kappa shape index (κ1) is 13.3. The van der Waals surface area contributed by atoms with Gasteiger partial charge in [0, 0.05) is 19.7 Å². The van der Waals surface area contributed by atoms with Crippen molar-refractivity contribution in [1.29, 1.82) is 5.26 Å². The number of morpholine rings is 1. The van der Waals surface area contributed by atoms with Gasteiger partial charge in [-0.1, -0.05) is 0 Å². The van der Waals surface area contributed by atoms with Crippen molar-refractivity contribution in [2.45, 2.75) is 25.5 Å². The van der Waals surface area contributed by atoms with Gasteiger partial charge in [-0.3, -0.25) is 0 Å². The van der Waals surface area contributed by atoms with Gasteiger partial charge in [-0.15, -0.1) is 0 Å². The van der Waals surface area contributed by atoms with Crippen LogP contribution in [0.4, 0.5) is 11.5 Å². The molecule has 108 valence electrons. The summed E-state index contributed by atoms with van der Waals surface area (Å²) < 4.78 is 13.1. The fourth-order valence-corrected chi connectivity index (χ4v) is 2.96. The van der Waals surface area contributed by atoms with E-state index in [4.69, 9.17) is 15.2 Å². The third kappa shape index (κ3) is 2.47. The molecule has 2 aliphatic heterocycles. The van der Waals surface area contributed by atoms with Gasteiger partial charge in [-0.2, -0.15) is 5.26 Å². The average molecular weight is 276 g/mol. The molecule has 1 atom stereocenters. The van der Waals surface area contributed by atoms with Crippen LogP contribution < -0.4 is 10.6 Å². The molecule has 2 fully saturated rings.